The number of nitrogens with one attached hydrogen (secondary N) is 1. The number of hydrogen-bond acceptors (Lipinski definition) is 4. The van der Waals surface area contributed by atoms with Gasteiger partial charge in [-0.2, -0.15) is 11.3 Å². The molecule has 0 fully saturated rings. The van der Waals surface area contributed by atoms with E-state index in [0.717, 1.165) is 11.8 Å². The third-order valence-electron chi connectivity index (χ3n) is 4.90. The minimum atomic E-state index is -0.447. The van der Waals surface area contributed by atoms with E-state index in [-0.39, 0.29) is 5.92 Å². The Bertz CT molecular complexity index is 1060. The predicted molar refractivity (Wildman–Crippen MR) is 114 cm³/mol. The van der Waals surface area contributed by atoms with Crippen LogP contribution < -0.4 is 5.32 Å². The Morgan fingerprint density at radius 2 is 1.76 bits per heavy atom. The molecule has 0 atom stereocenters. The standard InChI is InChI=1S/C24H19NO3S/c26-13-18-16-29-15-17(18)7-5-6-12-25-24(27)28-14-23-21-10-3-1-8-19(21)20-9-2-4-11-22(20)23/h1-4,8-11,13,15-16,23H,6,12,14H2,(H,25,27). The highest BCUT2D eigenvalue weighted by Crippen LogP contribution is 2.44. The number of fused-ring (bicyclic) bond motifs is 3. The maximum atomic E-state index is 12.1. The van der Waals surface area contributed by atoms with E-state index < -0.39 is 6.09 Å². The van der Waals surface area contributed by atoms with E-state index in [1.54, 1.807) is 5.38 Å². The number of aldehydes is 1. The molecule has 0 saturated carbocycles. The second-order valence-electron chi connectivity index (χ2n) is 6.66. The number of alkyl carbamates (subject to hydrolysis) is 1. The second kappa shape index (κ2) is 8.76. The monoisotopic (exact) mass is 401 g/mol. The highest BCUT2D eigenvalue weighted by molar-refractivity contribution is 7.08. The molecule has 5 heteroatoms. The zero-order valence-electron chi connectivity index (χ0n) is 15.7. The number of thiophene rings is 1. The van der Waals surface area contributed by atoms with Crippen LogP contribution in [0.5, 0.6) is 0 Å². The summed E-state index contributed by atoms with van der Waals surface area (Å²) in [5, 5.41) is 6.35. The molecule has 1 aliphatic rings. The molecule has 4 rings (SSSR count). The topological polar surface area (TPSA) is 55.4 Å². The number of rotatable bonds is 5. The highest BCUT2D eigenvalue weighted by Gasteiger charge is 2.28. The van der Waals surface area contributed by atoms with E-state index in [1.165, 1.54) is 33.6 Å². The summed E-state index contributed by atoms with van der Waals surface area (Å²) in [6.45, 7) is 0.688. The molecule has 1 amide bonds. The Kier molecular flexibility index (Phi) is 5.73. The lowest BCUT2D eigenvalue weighted by molar-refractivity contribution is 0.112. The zero-order valence-corrected chi connectivity index (χ0v) is 16.5. The third-order valence-corrected chi connectivity index (χ3v) is 5.67. The van der Waals surface area contributed by atoms with Gasteiger partial charge in [0.05, 0.1) is 0 Å². The van der Waals surface area contributed by atoms with Crippen molar-refractivity contribution in [1.82, 2.24) is 5.32 Å². The fraction of sp³-hybridized carbons (Fsp3) is 0.167. The van der Waals surface area contributed by atoms with E-state index >= 15 is 0 Å². The van der Waals surface area contributed by atoms with Crippen LogP contribution in [-0.2, 0) is 4.74 Å². The van der Waals surface area contributed by atoms with Gasteiger partial charge in [-0.3, -0.25) is 4.79 Å². The van der Waals surface area contributed by atoms with Gasteiger partial charge in [0, 0.05) is 40.8 Å². The van der Waals surface area contributed by atoms with Crippen LogP contribution in [0.25, 0.3) is 11.1 Å². The van der Waals surface area contributed by atoms with Crippen molar-refractivity contribution in [1.29, 1.82) is 0 Å². The summed E-state index contributed by atoms with van der Waals surface area (Å²) in [6.07, 6.45) is 0.839. The van der Waals surface area contributed by atoms with Gasteiger partial charge in [0.2, 0.25) is 0 Å². The molecule has 0 spiro atoms. The summed E-state index contributed by atoms with van der Waals surface area (Å²) in [6, 6.07) is 16.5. The van der Waals surface area contributed by atoms with Crippen molar-refractivity contribution in [3.8, 4) is 23.0 Å². The molecule has 3 aromatic rings. The van der Waals surface area contributed by atoms with E-state index in [1.807, 2.05) is 29.6 Å². The van der Waals surface area contributed by atoms with Gasteiger partial charge in [-0.1, -0.05) is 60.4 Å². The Labute approximate surface area is 173 Å². The summed E-state index contributed by atoms with van der Waals surface area (Å²) in [7, 11) is 0. The van der Waals surface area contributed by atoms with Crippen molar-refractivity contribution in [2.45, 2.75) is 12.3 Å². The first-order valence-electron chi connectivity index (χ1n) is 9.37. The van der Waals surface area contributed by atoms with Gasteiger partial charge in [0.15, 0.2) is 6.29 Å². The Hall–Kier alpha value is -3.36. The number of benzene rings is 2. The number of carbonyl (C=O) groups excluding carboxylic acids is 2. The van der Waals surface area contributed by atoms with Crippen LogP contribution in [0, 0.1) is 11.8 Å². The van der Waals surface area contributed by atoms with Crippen LogP contribution in [-0.4, -0.2) is 25.5 Å². The van der Waals surface area contributed by atoms with Gasteiger partial charge in [-0.15, -0.1) is 0 Å². The van der Waals surface area contributed by atoms with Crippen molar-refractivity contribution >= 4 is 23.7 Å². The molecule has 2 aromatic carbocycles. The van der Waals surface area contributed by atoms with Crippen LogP contribution in [0.15, 0.2) is 59.3 Å². The molecule has 1 aromatic heterocycles. The first kappa shape index (κ1) is 19.0. The van der Waals surface area contributed by atoms with Crippen LogP contribution >= 0.6 is 11.3 Å². The molecule has 1 heterocycles. The Morgan fingerprint density at radius 3 is 2.45 bits per heavy atom. The Morgan fingerprint density at radius 1 is 1.07 bits per heavy atom. The van der Waals surface area contributed by atoms with Crippen molar-refractivity contribution < 1.29 is 14.3 Å². The molecular weight excluding hydrogens is 382 g/mol. The minimum absolute atomic E-state index is 0.0493. The molecule has 0 radical (unpaired) electrons. The number of hydrogen-bond donors (Lipinski definition) is 1. The first-order chi connectivity index (χ1) is 14.3. The molecule has 4 nitrogen and oxygen atoms in total. The molecule has 1 aliphatic carbocycles. The lowest BCUT2D eigenvalue weighted by atomic mass is 9.98. The molecule has 0 aliphatic heterocycles. The van der Waals surface area contributed by atoms with Gasteiger partial charge in [-0.05, 0) is 22.3 Å². The molecule has 29 heavy (non-hydrogen) atoms. The van der Waals surface area contributed by atoms with Gasteiger partial charge in [-0.25, -0.2) is 4.79 Å². The van der Waals surface area contributed by atoms with Crippen LogP contribution in [0.3, 0.4) is 0 Å². The largest absolute Gasteiger partial charge is 0.449 e. The molecule has 0 saturated heterocycles. The Balaban J connectivity index is 1.30. The maximum absolute atomic E-state index is 12.1. The van der Waals surface area contributed by atoms with Gasteiger partial charge >= 0.3 is 6.09 Å². The fourth-order valence-electron chi connectivity index (χ4n) is 3.53. The fourth-order valence-corrected chi connectivity index (χ4v) is 4.26. The third kappa shape index (κ3) is 4.08. The number of ether oxygens (including phenoxy) is 1. The van der Waals surface area contributed by atoms with Crippen LogP contribution in [0.2, 0.25) is 0 Å². The molecular formula is C24H19NO3S. The van der Waals surface area contributed by atoms with E-state index in [4.69, 9.17) is 4.74 Å². The van der Waals surface area contributed by atoms with Crippen molar-refractivity contribution in [3.63, 3.8) is 0 Å². The molecule has 1 N–H and O–H groups in total. The summed E-state index contributed by atoms with van der Waals surface area (Å²) < 4.78 is 5.49. The van der Waals surface area contributed by atoms with Gasteiger partial charge in [0.1, 0.15) is 6.61 Å². The highest BCUT2D eigenvalue weighted by atomic mass is 32.1. The first-order valence-corrected chi connectivity index (χ1v) is 10.3. The predicted octanol–water partition coefficient (Wildman–Crippen LogP) is 4.84. The normalized spacial score (nSPS) is 11.7. The quantitative estimate of drug-likeness (QED) is 0.378. The number of amides is 1. The summed E-state index contributed by atoms with van der Waals surface area (Å²) in [5.41, 5.74) is 6.12. The smallest absolute Gasteiger partial charge is 0.407 e. The lowest BCUT2D eigenvalue weighted by Gasteiger charge is -2.14. The number of carbonyl (C=O) groups is 2. The van der Waals surface area contributed by atoms with Gasteiger partial charge < -0.3 is 10.1 Å². The maximum Gasteiger partial charge on any atom is 0.407 e. The lowest BCUT2D eigenvalue weighted by Crippen LogP contribution is -2.26. The minimum Gasteiger partial charge on any atom is -0.449 e. The van der Waals surface area contributed by atoms with Gasteiger partial charge in [0.25, 0.3) is 0 Å². The molecule has 144 valence electrons. The average Bonchev–Trinajstić information content (AvgIpc) is 3.34. The zero-order chi connectivity index (χ0) is 20.1. The van der Waals surface area contributed by atoms with Crippen LogP contribution in [0.4, 0.5) is 4.79 Å². The molecule has 0 bridgehead atoms. The van der Waals surface area contributed by atoms with E-state index in [2.05, 4.69) is 41.4 Å². The summed E-state index contributed by atoms with van der Waals surface area (Å²) in [4.78, 5) is 23.0. The van der Waals surface area contributed by atoms with Crippen LogP contribution in [0.1, 0.15) is 39.4 Å². The summed E-state index contributed by atoms with van der Waals surface area (Å²) >= 11 is 1.44. The summed E-state index contributed by atoms with van der Waals surface area (Å²) in [5.74, 6) is 5.97. The van der Waals surface area contributed by atoms with Crippen molar-refractivity contribution in [3.05, 3.63) is 81.5 Å². The van der Waals surface area contributed by atoms with Crippen molar-refractivity contribution in [2.24, 2.45) is 0 Å². The van der Waals surface area contributed by atoms with Crippen molar-refractivity contribution in [2.75, 3.05) is 13.2 Å². The second-order valence-corrected chi connectivity index (χ2v) is 7.41. The average molecular weight is 401 g/mol. The molecule has 0 unspecified atom stereocenters. The SMILES string of the molecule is O=Cc1cscc1C#CCCNC(=O)OCC1c2ccccc2-c2ccccc21. The van der Waals surface area contributed by atoms with E-state index in [0.29, 0.717) is 25.1 Å². The van der Waals surface area contributed by atoms with E-state index in [9.17, 15) is 9.59 Å².